The predicted molar refractivity (Wildman–Crippen MR) is 92.4 cm³/mol. The number of carbonyl (C=O) groups excluding carboxylic acids is 3. The Kier molecular flexibility index (Phi) is 9.68. The standard InChI is InChI=1S/C18H30O9/c1-4-7-10(19)25-16-14(23)13(22)15(24)17(26-11(20)8-5-2)18(16)27-12(21)9-6-3/h13-18,22-24H,4-9H2,1-3H3/t13-,14-,15+,16+,17-,18+. The van der Waals surface area contributed by atoms with E-state index in [1.54, 1.807) is 20.8 Å². The van der Waals surface area contributed by atoms with Gasteiger partial charge < -0.3 is 29.5 Å². The molecule has 0 bridgehead atoms. The maximum Gasteiger partial charge on any atom is 0.306 e. The molecule has 0 unspecified atom stereocenters. The van der Waals surface area contributed by atoms with Crippen molar-refractivity contribution in [1.29, 1.82) is 0 Å². The van der Waals surface area contributed by atoms with Crippen LogP contribution in [0.2, 0.25) is 0 Å². The van der Waals surface area contributed by atoms with Crippen molar-refractivity contribution in [1.82, 2.24) is 0 Å². The molecule has 6 atom stereocenters. The highest BCUT2D eigenvalue weighted by Gasteiger charge is 2.55. The Morgan fingerprint density at radius 3 is 1.19 bits per heavy atom. The molecule has 0 aromatic heterocycles. The molecule has 0 spiro atoms. The molecule has 0 aromatic rings. The number of hydrogen-bond acceptors (Lipinski definition) is 9. The van der Waals surface area contributed by atoms with E-state index in [2.05, 4.69) is 0 Å². The molecule has 1 rings (SSSR count). The van der Waals surface area contributed by atoms with Crippen LogP contribution in [0.4, 0.5) is 0 Å². The van der Waals surface area contributed by atoms with Crippen molar-refractivity contribution in [3.63, 3.8) is 0 Å². The summed E-state index contributed by atoms with van der Waals surface area (Å²) in [5.74, 6) is -1.99. The van der Waals surface area contributed by atoms with E-state index >= 15 is 0 Å². The van der Waals surface area contributed by atoms with E-state index in [9.17, 15) is 29.7 Å². The summed E-state index contributed by atoms with van der Waals surface area (Å²) in [6.07, 6.45) is -7.91. The molecule has 0 saturated heterocycles. The van der Waals surface area contributed by atoms with E-state index in [0.29, 0.717) is 19.3 Å². The number of esters is 3. The van der Waals surface area contributed by atoms with Crippen LogP contribution in [-0.4, -0.2) is 69.9 Å². The first-order valence-electron chi connectivity index (χ1n) is 9.39. The topological polar surface area (TPSA) is 140 Å². The molecule has 156 valence electrons. The van der Waals surface area contributed by atoms with Gasteiger partial charge in [0.15, 0.2) is 18.3 Å². The Labute approximate surface area is 158 Å². The van der Waals surface area contributed by atoms with Gasteiger partial charge in [-0.05, 0) is 19.3 Å². The lowest BCUT2D eigenvalue weighted by molar-refractivity contribution is -0.248. The third-order valence-electron chi connectivity index (χ3n) is 4.19. The minimum absolute atomic E-state index is 0.0521. The quantitative estimate of drug-likeness (QED) is 0.372. The molecular formula is C18H30O9. The van der Waals surface area contributed by atoms with Crippen molar-refractivity contribution in [2.75, 3.05) is 0 Å². The van der Waals surface area contributed by atoms with Gasteiger partial charge in [-0.25, -0.2) is 0 Å². The van der Waals surface area contributed by atoms with Gasteiger partial charge in [-0.2, -0.15) is 0 Å². The van der Waals surface area contributed by atoms with Gasteiger partial charge in [-0.1, -0.05) is 20.8 Å². The lowest BCUT2D eigenvalue weighted by Gasteiger charge is -2.44. The number of ether oxygens (including phenoxy) is 3. The second kappa shape index (κ2) is 11.2. The van der Waals surface area contributed by atoms with Crippen molar-refractivity contribution in [3.05, 3.63) is 0 Å². The largest absolute Gasteiger partial charge is 0.455 e. The van der Waals surface area contributed by atoms with Gasteiger partial charge in [0.2, 0.25) is 0 Å². The highest BCUT2D eigenvalue weighted by atomic mass is 16.6. The molecule has 0 aromatic carbocycles. The average Bonchev–Trinajstić information content (AvgIpc) is 2.60. The number of aliphatic hydroxyl groups excluding tert-OH is 3. The summed E-state index contributed by atoms with van der Waals surface area (Å²) >= 11 is 0. The summed E-state index contributed by atoms with van der Waals surface area (Å²) in [6, 6.07) is 0. The molecule has 3 N–H and O–H groups in total. The van der Waals surface area contributed by atoms with E-state index in [1.807, 2.05) is 0 Å². The SMILES string of the molecule is CCCC(=O)O[C@@H]1[C@H](OC(=O)CCC)[C@@H](O)[C@H](O)[C@@H](O)[C@@H]1OC(=O)CCC. The normalized spacial score (nSPS) is 30.4. The highest BCUT2D eigenvalue weighted by molar-refractivity contribution is 5.71. The molecule has 9 heteroatoms. The Morgan fingerprint density at radius 1 is 0.593 bits per heavy atom. The molecule has 27 heavy (non-hydrogen) atoms. The Hall–Kier alpha value is -1.71. The first-order chi connectivity index (χ1) is 12.8. The molecule has 1 fully saturated rings. The van der Waals surface area contributed by atoms with Gasteiger partial charge in [0.1, 0.15) is 18.3 Å². The molecule has 1 saturated carbocycles. The average molecular weight is 390 g/mol. The van der Waals surface area contributed by atoms with Gasteiger partial charge in [-0.3, -0.25) is 14.4 Å². The Bertz CT molecular complexity index is 473. The lowest BCUT2D eigenvalue weighted by atomic mass is 9.84. The van der Waals surface area contributed by atoms with Crippen LogP contribution in [0.15, 0.2) is 0 Å². The highest BCUT2D eigenvalue weighted by Crippen LogP contribution is 2.29. The zero-order valence-corrected chi connectivity index (χ0v) is 16.0. The Balaban J connectivity index is 3.14. The molecule has 9 nitrogen and oxygen atoms in total. The van der Waals surface area contributed by atoms with Gasteiger partial charge in [0, 0.05) is 19.3 Å². The minimum Gasteiger partial charge on any atom is -0.455 e. The third-order valence-corrected chi connectivity index (χ3v) is 4.19. The number of hydrogen-bond donors (Lipinski definition) is 3. The first kappa shape index (κ1) is 23.3. The smallest absolute Gasteiger partial charge is 0.306 e. The summed E-state index contributed by atoms with van der Waals surface area (Å²) in [4.78, 5) is 35.8. The second-order valence-corrected chi connectivity index (χ2v) is 6.59. The predicted octanol–water partition coefficient (Wildman–Crippen LogP) is 0.218. The third kappa shape index (κ3) is 6.44. The summed E-state index contributed by atoms with van der Waals surface area (Å²) in [5.41, 5.74) is 0. The van der Waals surface area contributed by atoms with Gasteiger partial charge in [0.25, 0.3) is 0 Å². The minimum atomic E-state index is -1.75. The zero-order chi connectivity index (χ0) is 20.6. The number of carbonyl (C=O) groups is 3. The molecule has 1 aliphatic carbocycles. The fourth-order valence-corrected chi connectivity index (χ4v) is 2.82. The molecule has 0 amide bonds. The molecule has 0 aliphatic heterocycles. The monoisotopic (exact) mass is 390 g/mol. The van der Waals surface area contributed by atoms with Gasteiger partial charge in [-0.15, -0.1) is 0 Å². The number of rotatable bonds is 9. The summed E-state index contributed by atoms with van der Waals surface area (Å²) in [5, 5.41) is 30.7. The van der Waals surface area contributed by atoms with Crippen LogP contribution < -0.4 is 0 Å². The molecule has 0 heterocycles. The van der Waals surface area contributed by atoms with Crippen molar-refractivity contribution in [2.24, 2.45) is 0 Å². The van der Waals surface area contributed by atoms with E-state index in [0.717, 1.165) is 0 Å². The maximum atomic E-state index is 12.0. The van der Waals surface area contributed by atoms with Crippen LogP contribution in [0, 0.1) is 0 Å². The molecule has 1 aliphatic rings. The maximum absolute atomic E-state index is 12.0. The first-order valence-corrected chi connectivity index (χ1v) is 9.39. The van der Waals surface area contributed by atoms with Crippen molar-refractivity contribution >= 4 is 17.9 Å². The van der Waals surface area contributed by atoms with Crippen molar-refractivity contribution < 1.29 is 43.9 Å². The summed E-state index contributed by atoms with van der Waals surface area (Å²) in [7, 11) is 0. The lowest BCUT2D eigenvalue weighted by Crippen LogP contribution is -2.66. The van der Waals surface area contributed by atoms with Crippen LogP contribution in [0.25, 0.3) is 0 Å². The summed E-state index contributed by atoms with van der Waals surface area (Å²) in [6.45, 7) is 5.27. The fraction of sp³-hybridized carbons (Fsp3) is 0.833. The van der Waals surface area contributed by atoms with Crippen LogP contribution in [0.3, 0.4) is 0 Å². The van der Waals surface area contributed by atoms with Gasteiger partial charge >= 0.3 is 17.9 Å². The van der Waals surface area contributed by atoms with Crippen molar-refractivity contribution in [3.8, 4) is 0 Å². The molecular weight excluding hydrogens is 360 g/mol. The van der Waals surface area contributed by atoms with E-state index in [4.69, 9.17) is 14.2 Å². The van der Waals surface area contributed by atoms with Crippen LogP contribution >= 0.6 is 0 Å². The Morgan fingerprint density at radius 2 is 0.889 bits per heavy atom. The van der Waals surface area contributed by atoms with E-state index in [-0.39, 0.29) is 19.3 Å². The van der Waals surface area contributed by atoms with Crippen LogP contribution in [0.5, 0.6) is 0 Å². The van der Waals surface area contributed by atoms with Gasteiger partial charge in [0.05, 0.1) is 0 Å². The number of aliphatic hydroxyl groups is 3. The molecule has 0 radical (unpaired) electrons. The second-order valence-electron chi connectivity index (χ2n) is 6.59. The fourth-order valence-electron chi connectivity index (χ4n) is 2.82. The van der Waals surface area contributed by atoms with Crippen LogP contribution in [-0.2, 0) is 28.6 Å². The van der Waals surface area contributed by atoms with Crippen LogP contribution in [0.1, 0.15) is 59.3 Å². The van der Waals surface area contributed by atoms with E-state index < -0.39 is 54.5 Å². The summed E-state index contributed by atoms with van der Waals surface area (Å²) < 4.78 is 15.7. The van der Waals surface area contributed by atoms with Crippen molar-refractivity contribution in [2.45, 2.75) is 95.9 Å². The zero-order valence-electron chi connectivity index (χ0n) is 16.0. The van der Waals surface area contributed by atoms with E-state index in [1.165, 1.54) is 0 Å².